The topological polar surface area (TPSA) is 33.5 Å². The molecule has 0 amide bonds. The third-order valence-corrected chi connectivity index (χ3v) is 16.8. The Bertz CT molecular complexity index is 4220. The predicted molar refractivity (Wildman–Crippen MR) is 324 cm³/mol. The molecular formula is C70H62N4OS. The van der Waals surface area contributed by atoms with E-state index in [9.17, 15) is 0 Å². The van der Waals surface area contributed by atoms with Gasteiger partial charge in [-0.1, -0.05) is 196 Å². The van der Waals surface area contributed by atoms with E-state index >= 15 is 0 Å². The van der Waals surface area contributed by atoms with Gasteiger partial charge >= 0.3 is 0 Å². The van der Waals surface area contributed by atoms with Gasteiger partial charge in [0.25, 0.3) is 0 Å². The molecule has 0 N–H and O–H groups in total. The number of aromatic nitrogens is 2. The van der Waals surface area contributed by atoms with Gasteiger partial charge in [-0.25, -0.2) is 4.98 Å². The van der Waals surface area contributed by atoms with Gasteiger partial charge in [-0.2, -0.15) is 0 Å². The van der Waals surface area contributed by atoms with Gasteiger partial charge in [-0.15, -0.1) is 11.3 Å². The maximum Gasteiger partial charge on any atom is 0.137 e. The molecule has 1 aliphatic rings. The highest BCUT2D eigenvalue weighted by Gasteiger charge is 2.33. The van der Waals surface area contributed by atoms with E-state index in [0.29, 0.717) is 6.67 Å². The number of anilines is 4. The monoisotopic (exact) mass is 1010 g/mol. The Labute approximate surface area is 450 Å². The minimum Gasteiger partial charge on any atom is -0.457 e. The number of hydrogen-bond donors (Lipinski definition) is 0. The highest BCUT2D eigenvalue weighted by atomic mass is 32.1. The van der Waals surface area contributed by atoms with Crippen molar-refractivity contribution >= 4 is 86.8 Å². The lowest BCUT2D eigenvalue weighted by atomic mass is 9.78. The molecule has 6 heteroatoms. The van der Waals surface area contributed by atoms with Crippen LogP contribution in [0.3, 0.4) is 0 Å². The Morgan fingerprint density at radius 3 is 1.74 bits per heavy atom. The number of nitrogens with zero attached hydrogens (tertiary/aromatic N) is 4. The van der Waals surface area contributed by atoms with E-state index in [0.717, 1.165) is 39.9 Å². The Morgan fingerprint density at radius 2 is 1.04 bits per heavy atom. The van der Waals surface area contributed by atoms with Crippen molar-refractivity contribution in [1.29, 1.82) is 0 Å². The molecule has 0 saturated carbocycles. The molecule has 0 atom stereocenters. The van der Waals surface area contributed by atoms with Crippen LogP contribution in [0.4, 0.5) is 22.7 Å². The van der Waals surface area contributed by atoms with Crippen LogP contribution in [0.15, 0.2) is 200 Å². The number of thiophene rings is 1. The smallest absolute Gasteiger partial charge is 0.137 e. The molecule has 76 heavy (non-hydrogen) atoms. The highest BCUT2D eigenvalue weighted by Crippen LogP contribution is 2.52. The SMILES string of the molecule is CC(C)(C)c1cc(-c2cccc(-c3ccccc3)c2N2CN(c3cccc(Oc4ccc5c6sc7c8ccccc8c8ccccc8c7c6n(-c6cc(C(C)(C)C)ccn6)c5c4)c3)c3ccccc32)cc(C(C)(C)C)c1. The Morgan fingerprint density at radius 1 is 0.447 bits per heavy atom. The van der Waals surface area contributed by atoms with Crippen LogP contribution in [0.5, 0.6) is 11.5 Å². The summed E-state index contributed by atoms with van der Waals surface area (Å²) in [5.74, 6) is 2.43. The number of fused-ring (bicyclic) bond motifs is 11. The molecule has 0 fully saturated rings. The normalized spacial score (nSPS) is 13.2. The molecule has 0 unspecified atom stereocenters. The van der Waals surface area contributed by atoms with Crippen molar-refractivity contribution in [2.24, 2.45) is 0 Å². The van der Waals surface area contributed by atoms with Gasteiger partial charge in [-0.3, -0.25) is 4.57 Å². The second-order valence-electron chi connectivity index (χ2n) is 23.7. The molecule has 12 aromatic rings. The lowest BCUT2D eigenvalue weighted by Crippen LogP contribution is -2.25. The fourth-order valence-electron chi connectivity index (χ4n) is 11.5. The first-order valence-electron chi connectivity index (χ1n) is 26.6. The molecule has 3 aromatic heterocycles. The first-order chi connectivity index (χ1) is 36.6. The predicted octanol–water partition coefficient (Wildman–Crippen LogP) is 20.0. The Hall–Kier alpha value is -8.19. The van der Waals surface area contributed by atoms with Crippen molar-refractivity contribution in [3.8, 4) is 39.6 Å². The minimum absolute atomic E-state index is 0.0287. The van der Waals surface area contributed by atoms with Crippen molar-refractivity contribution in [3.05, 3.63) is 217 Å². The lowest BCUT2D eigenvalue weighted by Gasteiger charge is -2.29. The van der Waals surface area contributed by atoms with Gasteiger partial charge in [0.1, 0.15) is 24.0 Å². The second kappa shape index (κ2) is 17.7. The van der Waals surface area contributed by atoms with Crippen molar-refractivity contribution in [2.45, 2.75) is 78.6 Å². The van der Waals surface area contributed by atoms with E-state index in [4.69, 9.17) is 9.72 Å². The summed E-state index contributed by atoms with van der Waals surface area (Å²) in [6.45, 7) is 21.3. The van der Waals surface area contributed by atoms with Gasteiger partial charge in [0, 0.05) is 56.0 Å². The zero-order valence-electron chi connectivity index (χ0n) is 44.9. The van der Waals surface area contributed by atoms with Crippen molar-refractivity contribution in [3.63, 3.8) is 0 Å². The number of ether oxygens (including phenoxy) is 1. The van der Waals surface area contributed by atoms with E-state index in [-0.39, 0.29) is 16.2 Å². The molecule has 374 valence electrons. The quantitative estimate of drug-likeness (QED) is 0.149. The highest BCUT2D eigenvalue weighted by molar-refractivity contribution is 7.27. The molecular weight excluding hydrogens is 945 g/mol. The van der Waals surface area contributed by atoms with Gasteiger partial charge in [0.05, 0.1) is 32.8 Å². The maximum absolute atomic E-state index is 7.00. The van der Waals surface area contributed by atoms with Crippen LogP contribution in [0.2, 0.25) is 0 Å². The largest absolute Gasteiger partial charge is 0.457 e. The Balaban J connectivity index is 0.930. The van der Waals surface area contributed by atoms with Gasteiger partial charge in [-0.05, 0) is 109 Å². The van der Waals surface area contributed by atoms with Crippen LogP contribution >= 0.6 is 11.3 Å². The number of hydrogen-bond acceptors (Lipinski definition) is 5. The van der Waals surface area contributed by atoms with Crippen molar-refractivity contribution in [1.82, 2.24) is 9.55 Å². The molecule has 9 aromatic carbocycles. The van der Waals surface area contributed by atoms with Crippen LogP contribution in [-0.4, -0.2) is 16.2 Å². The fraction of sp³-hybridized carbons (Fsp3) is 0.186. The van der Waals surface area contributed by atoms with Gasteiger partial charge < -0.3 is 14.5 Å². The average molecular weight is 1010 g/mol. The fourth-order valence-corrected chi connectivity index (χ4v) is 12.8. The third-order valence-electron chi connectivity index (χ3n) is 15.5. The number of pyridine rings is 1. The van der Waals surface area contributed by atoms with Crippen LogP contribution in [0.25, 0.3) is 80.8 Å². The summed E-state index contributed by atoms with van der Waals surface area (Å²) in [4.78, 5) is 10.1. The van der Waals surface area contributed by atoms with E-state index in [1.807, 2.05) is 17.5 Å². The summed E-state index contributed by atoms with van der Waals surface area (Å²) in [5, 5.41) is 7.50. The molecule has 13 rings (SSSR count). The molecule has 5 nitrogen and oxygen atoms in total. The molecule has 0 spiro atoms. The third kappa shape index (κ3) is 8.01. The average Bonchev–Trinajstić information content (AvgIpc) is 4.17. The van der Waals surface area contributed by atoms with E-state index in [2.05, 4.69) is 271 Å². The summed E-state index contributed by atoms with van der Waals surface area (Å²) < 4.78 is 11.9. The number of rotatable bonds is 7. The molecule has 0 radical (unpaired) electrons. The summed E-state index contributed by atoms with van der Waals surface area (Å²) in [7, 11) is 0. The van der Waals surface area contributed by atoms with E-state index in [1.165, 1.54) is 91.9 Å². The maximum atomic E-state index is 7.00. The van der Waals surface area contributed by atoms with Crippen LogP contribution in [0.1, 0.15) is 79.0 Å². The van der Waals surface area contributed by atoms with Crippen LogP contribution < -0.4 is 14.5 Å². The molecule has 0 aliphatic carbocycles. The molecule has 1 aliphatic heterocycles. The molecule has 4 heterocycles. The standard InChI is InChI=1S/C70H62N4OS/c1-68(2,3)46-35-36-71-62(40-46)74-61-42-51(33-34-58(61)67-65(74)63-56-27-15-13-25-54(56)55-26-14-16-28-57(55)66(63)76-67)75-50-24-19-23-49(41-50)72-43-73(60-32-18-17-31-59(60)72)64-52(44-21-11-10-12-22-44)29-20-30-53(64)45-37-47(69(4,5)6)39-48(38-45)70(7,8)9/h10-42H,43H2,1-9H3. The summed E-state index contributed by atoms with van der Waals surface area (Å²) >= 11 is 1.88. The summed E-state index contributed by atoms with van der Waals surface area (Å²) in [6.07, 6.45) is 1.97. The summed E-state index contributed by atoms with van der Waals surface area (Å²) in [5.41, 5.74) is 15.4. The van der Waals surface area contributed by atoms with Crippen LogP contribution in [-0.2, 0) is 16.2 Å². The number of para-hydroxylation sites is 3. The first-order valence-corrected chi connectivity index (χ1v) is 27.4. The van der Waals surface area contributed by atoms with Crippen molar-refractivity contribution in [2.75, 3.05) is 16.5 Å². The Kier molecular flexibility index (Phi) is 11.1. The van der Waals surface area contributed by atoms with Gasteiger partial charge in [0.15, 0.2) is 0 Å². The number of benzene rings is 9. The van der Waals surface area contributed by atoms with E-state index in [1.54, 1.807) is 0 Å². The van der Waals surface area contributed by atoms with Gasteiger partial charge in [0.2, 0.25) is 0 Å². The first kappa shape index (κ1) is 47.5. The minimum atomic E-state index is -0.0622. The summed E-state index contributed by atoms with van der Waals surface area (Å²) in [6, 6.07) is 71.1. The second-order valence-corrected chi connectivity index (χ2v) is 24.7. The van der Waals surface area contributed by atoms with Crippen molar-refractivity contribution < 1.29 is 4.74 Å². The van der Waals surface area contributed by atoms with Crippen LogP contribution in [0, 0.1) is 0 Å². The zero-order chi connectivity index (χ0) is 52.3. The van der Waals surface area contributed by atoms with E-state index < -0.39 is 0 Å². The lowest BCUT2D eigenvalue weighted by molar-refractivity contribution is 0.483. The molecule has 0 saturated heterocycles. The zero-order valence-corrected chi connectivity index (χ0v) is 45.7. The molecule has 0 bridgehead atoms.